The van der Waals surface area contributed by atoms with Crippen molar-refractivity contribution in [2.24, 2.45) is 7.05 Å². The molecule has 0 fully saturated rings. The lowest BCUT2D eigenvalue weighted by atomic mass is 9.93. The SMILES string of the molecule is CCC(CC)c1ccc(Cl)c2nc(Oc3c(Cl)cc(Cl)cc3C(=O)N(C)C)n(C)c12. The number of rotatable bonds is 6. The Labute approximate surface area is 191 Å². The second-order valence-electron chi connectivity index (χ2n) is 7.37. The fourth-order valence-corrected chi connectivity index (χ4v) is 4.33. The fraction of sp³-hybridized carbons (Fsp3) is 0.364. The number of halogens is 3. The van der Waals surface area contributed by atoms with Gasteiger partial charge in [0.1, 0.15) is 5.52 Å². The highest BCUT2D eigenvalue weighted by Crippen LogP contribution is 2.39. The minimum atomic E-state index is -0.274. The normalized spacial score (nSPS) is 11.4. The van der Waals surface area contributed by atoms with E-state index in [0.717, 1.165) is 23.9 Å². The molecule has 1 amide bonds. The van der Waals surface area contributed by atoms with Crippen molar-refractivity contribution in [3.8, 4) is 11.8 Å². The van der Waals surface area contributed by atoms with Crippen LogP contribution in [0.15, 0.2) is 24.3 Å². The standard InChI is InChI=1S/C22H24Cl3N3O2/c1-6-12(7-2)14-8-9-16(24)18-19(14)28(5)22(26-18)30-20-15(21(29)27(3)4)10-13(23)11-17(20)25/h8-12H,6-7H2,1-5H3. The van der Waals surface area contributed by atoms with Crippen molar-refractivity contribution in [2.45, 2.75) is 32.6 Å². The lowest BCUT2D eigenvalue weighted by Gasteiger charge is -2.17. The molecule has 0 unspecified atom stereocenters. The van der Waals surface area contributed by atoms with Gasteiger partial charge in [0, 0.05) is 26.2 Å². The first-order chi connectivity index (χ1) is 14.2. The molecule has 0 saturated carbocycles. The highest BCUT2D eigenvalue weighted by atomic mass is 35.5. The molecule has 0 aliphatic rings. The van der Waals surface area contributed by atoms with Gasteiger partial charge >= 0.3 is 6.01 Å². The van der Waals surface area contributed by atoms with E-state index in [4.69, 9.17) is 39.5 Å². The third-order valence-electron chi connectivity index (χ3n) is 5.23. The van der Waals surface area contributed by atoms with Crippen LogP contribution >= 0.6 is 34.8 Å². The molecule has 0 N–H and O–H groups in total. The van der Waals surface area contributed by atoms with Crippen molar-refractivity contribution in [3.05, 3.63) is 50.5 Å². The molecule has 0 saturated heterocycles. The van der Waals surface area contributed by atoms with E-state index in [1.165, 1.54) is 17.0 Å². The van der Waals surface area contributed by atoms with Gasteiger partial charge in [-0.05, 0) is 42.5 Å². The second-order valence-corrected chi connectivity index (χ2v) is 8.62. The first kappa shape index (κ1) is 22.7. The minimum absolute atomic E-state index is 0.207. The molecule has 0 spiro atoms. The first-order valence-electron chi connectivity index (χ1n) is 9.72. The summed E-state index contributed by atoms with van der Waals surface area (Å²) in [4.78, 5) is 18.7. The lowest BCUT2D eigenvalue weighted by molar-refractivity contribution is 0.0825. The molecule has 5 nitrogen and oxygen atoms in total. The van der Waals surface area contributed by atoms with Crippen LogP contribution < -0.4 is 4.74 Å². The highest BCUT2D eigenvalue weighted by Gasteiger charge is 2.24. The van der Waals surface area contributed by atoms with Crippen LogP contribution in [0.5, 0.6) is 11.8 Å². The molecule has 8 heteroatoms. The first-order valence-corrected chi connectivity index (χ1v) is 10.9. The van der Waals surface area contributed by atoms with Gasteiger partial charge in [0.15, 0.2) is 5.75 Å². The summed E-state index contributed by atoms with van der Waals surface area (Å²) in [7, 11) is 5.17. The highest BCUT2D eigenvalue weighted by molar-refractivity contribution is 6.36. The van der Waals surface area contributed by atoms with Gasteiger partial charge in [-0.25, -0.2) is 0 Å². The largest absolute Gasteiger partial charge is 0.423 e. The number of hydrogen-bond donors (Lipinski definition) is 0. The van der Waals surface area contributed by atoms with Gasteiger partial charge in [-0.3, -0.25) is 9.36 Å². The quantitative estimate of drug-likeness (QED) is 0.394. The van der Waals surface area contributed by atoms with E-state index >= 15 is 0 Å². The topological polar surface area (TPSA) is 47.4 Å². The molecule has 160 valence electrons. The van der Waals surface area contributed by atoms with Gasteiger partial charge in [0.25, 0.3) is 5.91 Å². The van der Waals surface area contributed by atoms with Gasteiger partial charge < -0.3 is 9.64 Å². The molecule has 1 heterocycles. The van der Waals surface area contributed by atoms with E-state index in [1.807, 2.05) is 23.7 Å². The summed E-state index contributed by atoms with van der Waals surface area (Å²) in [5.74, 6) is 0.306. The molecule has 2 aromatic carbocycles. The Balaban J connectivity index is 2.19. The van der Waals surface area contributed by atoms with E-state index in [0.29, 0.717) is 27.5 Å². The predicted octanol–water partition coefficient (Wildman–Crippen LogP) is 6.93. The zero-order valence-electron chi connectivity index (χ0n) is 17.6. The number of nitrogens with zero attached hydrogens (tertiary/aromatic N) is 3. The number of aryl methyl sites for hydroxylation is 1. The van der Waals surface area contributed by atoms with Crippen molar-refractivity contribution in [2.75, 3.05) is 14.1 Å². The Morgan fingerprint density at radius 1 is 1.13 bits per heavy atom. The maximum atomic E-state index is 12.7. The van der Waals surface area contributed by atoms with Crippen molar-refractivity contribution in [1.82, 2.24) is 14.5 Å². The van der Waals surface area contributed by atoms with Gasteiger partial charge in [-0.2, -0.15) is 4.98 Å². The monoisotopic (exact) mass is 467 g/mol. The zero-order chi connectivity index (χ0) is 22.2. The Morgan fingerprint density at radius 3 is 2.40 bits per heavy atom. The van der Waals surface area contributed by atoms with Crippen molar-refractivity contribution >= 4 is 51.7 Å². The number of fused-ring (bicyclic) bond motifs is 1. The van der Waals surface area contributed by atoms with Crippen LogP contribution in [0.3, 0.4) is 0 Å². The van der Waals surface area contributed by atoms with Crippen LogP contribution in [0.1, 0.15) is 48.5 Å². The number of ether oxygens (including phenoxy) is 1. The van der Waals surface area contributed by atoms with Crippen LogP contribution in [0.2, 0.25) is 15.1 Å². The van der Waals surface area contributed by atoms with Crippen LogP contribution in [-0.2, 0) is 7.05 Å². The molecular weight excluding hydrogens is 445 g/mol. The molecule has 0 aliphatic carbocycles. The van der Waals surface area contributed by atoms with E-state index in [1.54, 1.807) is 14.1 Å². The van der Waals surface area contributed by atoms with Crippen LogP contribution in [0, 0.1) is 0 Å². The summed E-state index contributed by atoms with van der Waals surface area (Å²) >= 11 is 19.0. The van der Waals surface area contributed by atoms with Crippen LogP contribution in [-0.4, -0.2) is 34.5 Å². The number of benzene rings is 2. The maximum absolute atomic E-state index is 12.7. The number of amides is 1. The van der Waals surface area contributed by atoms with Crippen LogP contribution in [0.4, 0.5) is 0 Å². The Morgan fingerprint density at radius 2 is 1.80 bits per heavy atom. The van der Waals surface area contributed by atoms with E-state index < -0.39 is 0 Å². The summed E-state index contributed by atoms with van der Waals surface area (Å²) < 4.78 is 7.95. The van der Waals surface area contributed by atoms with E-state index in [2.05, 4.69) is 18.8 Å². The van der Waals surface area contributed by atoms with Gasteiger partial charge in [0.05, 0.1) is 21.1 Å². The third-order valence-corrected chi connectivity index (χ3v) is 6.03. The molecule has 30 heavy (non-hydrogen) atoms. The maximum Gasteiger partial charge on any atom is 0.302 e. The number of carbonyl (C=O) groups excluding carboxylic acids is 1. The number of hydrogen-bond acceptors (Lipinski definition) is 3. The summed E-state index contributed by atoms with van der Waals surface area (Å²) in [5, 5.41) is 1.12. The number of aromatic nitrogens is 2. The Kier molecular flexibility index (Phi) is 6.85. The average molecular weight is 469 g/mol. The van der Waals surface area contributed by atoms with Gasteiger partial charge in [0.2, 0.25) is 0 Å². The van der Waals surface area contributed by atoms with Gasteiger partial charge in [-0.15, -0.1) is 0 Å². The van der Waals surface area contributed by atoms with Crippen molar-refractivity contribution in [3.63, 3.8) is 0 Å². The summed E-state index contributed by atoms with van der Waals surface area (Å²) in [6.07, 6.45) is 2.00. The minimum Gasteiger partial charge on any atom is -0.423 e. The predicted molar refractivity (Wildman–Crippen MR) is 124 cm³/mol. The number of imidazole rings is 1. The van der Waals surface area contributed by atoms with Gasteiger partial charge in [-0.1, -0.05) is 54.7 Å². The number of carbonyl (C=O) groups is 1. The average Bonchev–Trinajstić information content (AvgIpc) is 3.03. The second kappa shape index (κ2) is 9.04. The van der Waals surface area contributed by atoms with Crippen LogP contribution in [0.25, 0.3) is 11.0 Å². The lowest BCUT2D eigenvalue weighted by Crippen LogP contribution is -2.22. The zero-order valence-corrected chi connectivity index (χ0v) is 19.9. The summed E-state index contributed by atoms with van der Waals surface area (Å²) in [6.45, 7) is 4.32. The third kappa shape index (κ3) is 4.11. The molecule has 0 atom stereocenters. The van der Waals surface area contributed by atoms with E-state index in [-0.39, 0.29) is 22.2 Å². The Bertz CT molecular complexity index is 1100. The molecular formula is C22H24Cl3N3O2. The Hall–Kier alpha value is -1.95. The summed E-state index contributed by atoms with van der Waals surface area (Å²) in [5.41, 5.74) is 2.99. The van der Waals surface area contributed by atoms with Crippen molar-refractivity contribution < 1.29 is 9.53 Å². The molecule has 3 rings (SSSR count). The van der Waals surface area contributed by atoms with Crippen molar-refractivity contribution in [1.29, 1.82) is 0 Å². The molecule has 0 radical (unpaired) electrons. The fourth-order valence-electron chi connectivity index (χ4n) is 3.60. The summed E-state index contributed by atoms with van der Waals surface area (Å²) in [6, 6.07) is 7.28. The molecule has 0 aliphatic heterocycles. The molecule has 1 aromatic heterocycles. The van der Waals surface area contributed by atoms with E-state index in [9.17, 15) is 4.79 Å². The molecule has 0 bridgehead atoms. The molecule has 3 aromatic rings. The smallest absolute Gasteiger partial charge is 0.302 e.